The number of carbonyl (C=O) groups is 2. The third kappa shape index (κ3) is 3.05. The van der Waals surface area contributed by atoms with E-state index in [2.05, 4.69) is 4.90 Å². The molecule has 2 fully saturated rings. The molecule has 2 saturated heterocycles. The maximum Gasteiger partial charge on any atom is 0.234 e. The summed E-state index contributed by atoms with van der Waals surface area (Å²) in [7, 11) is 0. The van der Waals surface area contributed by atoms with Gasteiger partial charge in [0.1, 0.15) is 0 Å². The minimum Gasteiger partial charge on any atom is -0.379 e. The monoisotopic (exact) mass is 302 g/mol. The van der Waals surface area contributed by atoms with Crippen molar-refractivity contribution in [2.24, 2.45) is 5.92 Å². The number of nitrogens with zero attached hydrogens (tertiary/aromatic N) is 2. The molecule has 2 unspecified atom stereocenters. The molecule has 2 aliphatic rings. The largest absolute Gasteiger partial charge is 0.379 e. The van der Waals surface area contributed by atoms with E-state index in [1.807, 2.05) is 37.3 Å². The predicted molar refractivity (Wildman–Crippen MR) is 82.1 cm³/mol. The van der Waals surface area contributed by atoms with Crippen LogP contribution in [0.1, 0.15) is 24.8 Å². The molecule has 5 heteroatoms. The molecule has 0 saturated carbocycles. The number of imide groups is 1. The van der Waals surface area contributed by atoms with Crippen molar-refractivity contribution in [1.29, 1.82) is 0 Å². The van der Waals surface area contributed by atoms with Gasteiger partial charge in [-0.15, -0.1) is 0 Å². The van der Waals surface area contributed by atoms with Crippen LogP contribution in [0.15, 0.2) is 30.3 Å². The molecule has 2 aliphatic heterocycles. The lowest BCUT2D eigenvalue weighted by atomic mass is 9.86. The fraction of sp³-hybridized carbons (Fsp3) is 0.529. The van der Waals surface area contributed by atoms with Crippen LogP contribution in [0.3, 0.4) is 0 Å². The van der Waals surface area contributed by atoms with E-state index in [1.54, 1.807) is 0 Å². The van der Waals surface area contributed by atoms with E-state index in [9.17, 15) is 9.59 Å². The van der Waals surface area contributed by atoms with Crippen molar-refractivity contribution in [3.05, 3.63) is 35.9 Å². The van der Waals surface area contributed by atoms with Gasteiger partial charge in [-0.2, -0.15) is 0 Å². The fourth-order valence-corrected chi connectivity index (χ4v) is 3.18. The van der Waals surface area contributed by atoms with Gasteiger partial charge in [-0.25, -0.2) is 0 Å². The van der Waals surface area contributed by atoms with E-state index in [1.165, 1.54) is 4.90 Å². The number of morpholine rings is 1. The molecular weight excluding hydrogens is 280 g/mol. The summed E-state index contributed by atoms with van der Waals surface area (Å²) in [6, 6.07) is 9.94. The van der Waals surface area contributed by atoms with Crippen molar-refractivity contribution in [1.82, 2.24) is 9.80 Å². The Labute approximate surface area is 130 Å². The molecular formula is C17H22N2O3. The summed E-state index contributed by atoms with van der Waals surface area (Å²) in [5, 5.41) is 0. The summed E-state index contributed by atoms with van der Waals surface area (Å²) in [5.41, 5.74) is 1.11. The van der Waals surface area contributed by atoms with Crippen LogP contribution in [-0.2, 0) is 14.3 Å². The van der Waals surface area contributed by atoms with Crippen LogP contribution in [0.25, 0.3) is 0 Å². The van der Waals surface area contributed by atoms with Crippen molar-refractivity contribution < 1.29 is 14.3 Å². The van der Waals surface area contributed by atoms with Crippen LogP contribution in [0, 0.1) is 5.92 Å². The molecule has 2 heterocycles. The van der Waals surface area contributed by atoms with E-state index >= 15 is 0 Å². The molecule has 0 spiro atoms. The molecule has 2 amide bonds. The van der Waals surface area contributed by atoms with Crippen LogP contribution in [0.5, 0.6) is 0 Å². The Bertz CT molecular complexity index is 540. The number of carbonyl (C=O) groups excluding carboxylic acids is 2. The van der Waals surface area contributed by atoms with Crippen molar-refractivity contribution in [3.63, 3.8) is 0 Å². The first-order valence-corrected chi connectivity index (χ1v) is 7.86. The lowest BCUT2D eigenvalue weighted by Crippen LogP contribution is -2.46. The number of hydrogen-bond acceptors (Lipinski definition) is 4. The summed E-state index contributed by atoms with van der Waals surface area (Å²) < 4.78 is 5.31. The highest BCUT2D eigenvalue weighted by Gasteiger charge is 2.42. The van der Waals surface area contributed by atoms with E-state index in [4.69, 9.17) is 4.74 Å². The van der Waals surface area contributed by atoms with Crippen molar-refractivity contribution in [3.8, 4) is 0 Å². The molecule has 0 N–H and O–H groups in total. The number of amides is 2. The van der Waals surface area contributed by atoms with E-state index in [-0.39, 0.29) is 23.7 Å². The predicted octanol–water partition coefficient (Wildman–Crippen LogP) is 1.45. The van der Waals surface area contributed by atoms with Crippen molar-refractivity contribution in [2.75, 3.05) is 33.0 Å². The average molecular weight is 302 g/mol. The highest BCUT2D eigenvalue weighted by atomic mass is 16.5. The Balaban J connectivity index is 1.68. The van der Waals surface area contributed by atoms with Crippen LogP contribution in [-0.4, -0.2) is 54.6 Å². The number of likely N-dealkylation sites (tertiary alicyclic amines) is 1. The van der Waals surface area contributed by atoms with Gasteiger partial charge in [0.05, 0.1) is 25.8 Å². The minimum atomic E-state index is -0.240. The van der Waals surface area contributed by atoms with Crippen molar-refractivity contribution in [2.45, 2.75) is 19.3 Å². The number of hydrogen-bond donors (Lipinski definition) is 0. The molecule has 3 rings (SSSR count). The minimum absolute atomic E-state index is 0.0344. The summed E-state index contributed by atoms with van der Waals surface area (Å²) in [4.78, 5) is 28.4. The zero-order chi connectivity index (χ0) is 15.5. The number of rotatable bonds is 4. The molecule has 1 aromatic rings. The second-order valence-electron chi connectivity index (χ2n) is 6.04. The van der Waals surface area contributed by atoms with Gasteiger partial charge in [0, 0.05) is 19.5 Å². The van der Waals surface area contributed by atoms with Gasteiger partial charge < -0.3 is 4.74 Å². The number of benzene rings is 1. The molecule has 1 aromatic carbocycles. The summed E-state index contributed by atoms with van der Waals surface area (Å²) in [6.45, 7) is 5.31. The van der Waals surface area contributed by atoms with Crippen LogP contribution >= 0.6 is 0 Å². The lowest BCUT2D eigenvalue weighted by molar-refractivity contribution is -0.143. The molecule has 22 heavy (non-hydrogen) atoms. The first-order valence-electron chi connectivity index (χ1n) is 7.86. The second-order valence-corrected chi connectivity index (χ2v) is 6.04. The Morgan fingerprint density at radius 1 is 1.18 bits per heavy atom. The molecule has 118 valence electrons. The normalized spacial score (nSPS) is 24.8. The summed E-state index contributed by atoms with van der Waals surface area (Å²) in [6.07, 6.45) is 0.319. The van der Waals surface area contributed by atoms with E-state index in [0.717, 1.165) is 18.7 Å². The zero-order valence-corrected chi connectivity index (χ0v) is 12.9. The first-order chi connectivity index (χ1) is 10.7. The van der Waals surface area contributed by atoms with Gasteiger partial charge in [0.25, 0.3) is 0 Å². The maximum absolute atomic E-state index is 12.7. The highest BCUT2D eigenvalue weighted by Crippen LogP contribution is 2.33. The third-order valence-electron chi connectivity index (χ3n) is 4.65. The average Bonchev–Trinajstić information content (AvgIpc) is 2.84. The van der Waals surface area contributed by atoms with Gasteiger partial charge in [-0.05, 0) is 11.5 Å². The summed E-state index contributed by atoms with van der Waals surface area (Å²) >= 11 is 0. The fourth-order valence-electron chi connectivity index (χ4n) is 3.18. The van der Waals surface area contributed by atoms with Crippen LogP contribution in [0.4, 0.5) is 0 Å². The molecule has 0 aliphatic carbocycles. The van der Waals surface area contributed by atoms with Crippen LogP contribution in [0.2, 0.25) is 0 Å². The SMILES string of the molecule is CC(c1ccccc1)C1CC(=O)N(CN2CCOCC2)C1=O. The van der Waals surface area contributed by atoms with Gasteiger partial charge >= 0.3 is 0 Å². The molecule has 0 aromatic heterocycles. The first kappa shape index (κ1) is 15.2. The molecule has 0 bridgehead atoms. The van der Waals surface area contributed by atoms with E-state index < -0.39 is 0 Å². The zero-order valence-electron chi connectivity index (χ0n) is 12.9. The second kappa shape index (κ2) is 6.58. The maximum atomic E-state index is 12.7. The van der Waals surface area contributed by atoms with Gasteiger partial charge in [0.15, 0.2) is 0 Å². The number of ether oxygens (including phenoxy) is 1. The van der Waals surface area contributed by atoms with Crippen LogP contribution < -0.4 is 0 Å². The Hall–Kier alpha value is -1.72. The highest BCUT2D eigenvalue weighted by molar-refractivity contribution is 6.03. The molecule has 2 atom stereocenters. The van der Waals surface area contributed by atoms with Gasteiger partial charge in [0.2, 0.25) is 11.8 Å². The lowest BCUT2D eigenvalue weighted by Gasteiger charge is -2.30. The summed E-state index contributed by atoms with van der Waals surface area (Å²) in [5.74, 6) is -0.264. The van der Waals surface area contributed by atoms with Gasteiger partial charge in [-0.1, -0.05) is 37.3 Å². The topological polar surface area (TPSA) is 49.9 Å². The molecule has 0 radical (unpaired) electrons. The Morgan fingerprint density at radius 3 is 2.55 bits per heavy atom. The third-order valence-corrected chi connectivity index (χ3v) is 4.65. The standard InChI is InChI=1S/C17H22N2O3/c1-13(14-5-3-2-4-6-14)15-11-16(20)19(17(15)21)12-18-7-9-22-10-8-18/h2-6,13,15H,7-12H2,1H3. The molecule has 5 nitrogen and oxygen atoms in total. The van der Waals surface area contributed by atoms with Crippen molar-refractivity contribution >= 4 is 11.8 Å². The van der Waals surface area contributed by atoms with Gasteiger partial charge in [-0.3, -0.25) is 19.4 Å². The Morgan fingerprint density at radius 2 is 1.86 bits per heavy atom. The quantitative estimate of drug-likeness (QED) is 0.790. The smallest absolute Gasteiger partial charge is 0.234 e. The Kier molecular flexibility index (Phi) is 4.55. The van der Waals surface area contributed by atoms with E-state index in [0.29, 0.717) is 26.3 Å².